The standard InChI is InChI=1S/C16H24N4O/c1-11(2)9-20-16(18-10-19-20)8-14(17)13-6-5-12(3)15(7-13)21-4/h5-7,10-11,14H,8-9,17H2,1-4H3. The first-order valence-electron chi connectivity index (χ1n) is 7.28. The largest absolute Gasteiger partial charge is 0.496 e. The van der Waals surface area contributed by atoms with Gasteiger partial charge in [0.25, 0.3) is 0 Å². The average molecular weight is 288 g/mol. The van der Waals surface area contributed by atoms with Crippen molar-refractivity contribution >= 4 is 0 Å². The molecule has 0 saturated heterocycles. The molecule has 1 atom stereocenters. The molecule has 1 aromatic heterocycles. The fourth-order valence-electron chi connectivity index (χ4n) is 2.33. The summed E-state index contributed by atoms with van der Waals surface area (Å²) < 4.78 is 7.30. The Morgan fingerprint density at radius 1 is 1.33 bits per heavy atom. The molecule has 1 heterocycles. The highest BCUT2D eigenvalue weighted by molar-refractivity contribution is 5.37. The van der Waals surface area contributed by atoms with Crippen molar-refractivity contribution in [2.24, 2.45) is 11.7 Å². The maximum atomic E-state index is 6.32. The van der Waals surface area contributed by atoms with Crippen molar-refractivity contribution in [2.75, 3.05) is 7.11 Å². The van der Waals surface area contributed by atoms with Crippen LogP contribution in [0.5, 0.6) is 5.75 Å². The second-order valence-corrected chi connectivity index (χ2v) is 5.79. The minimum atomic E-state index is -0.116. The number of benzene rings is 1. The van der Waals surface area contributed by atoms with E-state index in [0.29, 0.717) is 12.3 Å². The summed E-state index contributed by atoms with van der Waals surface area (Å²) in [5.74, 6) is 2.32. The SMILES string of the molecule is COc1cc(C(N)Cc2ncnn2CC(C)C)ccc1C. The zero-order valence-corrected chi connectivity index (χ0v) is 13.2. The van der Waals surface area contributed by atoms with Crippen molar-refractivity contribution in [2.45, 2.75) is 39.8 Å². The smallest absolute Gasteiger partial charge is 0.138 e. The molecule has 2 aromatic rings. The number of aryl methyl sites for hydroxylation is 1. The molecule has 5 nitrogen and oxygen atoms in total. The number of aromatic nitrogens is 3. The van der Waals surface area contributed by atoms with Gasteiger partial charge in [-0.15, -0.1) is 0 Å². The Morgan fingerprint density at radius 3 is 2.76 bits per heavy atom. The van der Waals surface area contributed by atoms with Gasteiger partial charge in [-0.05, 0) is 30.0 Å². The lowest BCUT2D eigenvalue weighted by Gasteiger charge is -2.15. The van der Waals surface area contributed by atoms with Crippen molar-refractivity contribution < 1.29 is 4.74 Å². The van der Waals surface area contributed by atoms with Gasteiger partial charge in [-0.3, -0.25) is 0 Å². The van der Waals surface area contributed by atoms with Gasteiger partial charge in [-0.25, -0.2) is 9.67 Å². The van der Waals surface area contributed by atoms with E-state index in [1.807, 2.05) is 29.8 Å². The van der Waals surface area contributed by atoms with Crippen LogP contribution < -0.4 is 10.5 Å². The van der Waals surface area contributed by atoms with E-state index in [0.717, 1.165) is 29.2 Å². The van der Waals surface area contributed by atoms with E-state index in [9.17, 15) is 0 Å². The summed E-state index contributed by atoms with van der Waals surface area (Å²) in [6.07, 6.45) is 2.26. The van der Waals surface area contributed by atoms with Gasteiger partial charge in [0, 0.05) is 19.0 Å². The minimum absolute atomic E-state index is 0.116. The lowest BCUT2D eigenvalue weighted by molar-refractivity contribution is 0.410. The van der Waals surface area contributed by atoms with Crippen LogP contribution in [0.1, 0.15) is 36.8 Å². The molecule has 0 aliphatic carbocycles. The summed E-state index contributed by atoms with van der Waals surface area (Å²) in [5, 5.41) is 4.28. The highest BCUT2D eigenvalue weighted by Gasteiger charge is 2.14. The van der Waals surface area contributed by atoms with Crippen LogP contribution in [0, 0.1) is 12.8 Å². The van der Waals surface area contributed by atoms with E-state index < -0.39 is 0 Å². The summed E-state index contributed by atoms with van der Waals surface area (Å²) in [4.78, 5) is 4.34. The van der Waals surface area contributed by atoms with Crippen LogP contribution in [0.25, 0.3) is 0 Å². The Hall–Kier alpha value is -1.88. The topological polar surface area (TPSA) is 66.0 Å². The number of ether oxygens (including phenoxy) is 1. The number of hydrogen-bond donors (Lipinski definition) is 1. The summed E-state index contributed by atoms with van der Waals surface area (Å²) in [6.45, 7) is 7.21. The number of rotatable bonds is 6. The van der Waals surface area contributed by atoms with Gasteiger partial charge in [0.1, 0.15) is 17.9 Å². The second-order valence-electron chi connectivity index (χ2n) is 5.79. The Bertz CT molecular complexity index is 592. The highest BCUT2D eigenvalue weighted by Crippen LogP contribution is 2.23. The molecular formula is C16H24N4O. The molecule has 1 unspecified atom stereocenters. The van der Waals surface area contributed by atoms with Crippen LogP contribution in [0.2, 0.25) is 0 Å². The molecule has 0 spiro atoms. The average Bonchev–Trinajstić information content (AvgIpc) is 2.85. The van der Waals surface area contributed by atoms with E-state index in [1.54, 1.807) is 13.4 Å². The third-order valence-electron chi connectivity index (χ3n) is 3.50. The molecule has 1 aromatic carbocycles. The van der Waals surface area contributed by atoms with Crippen molar-refractivity contribution in [1.29, 1.82) is 0 Å². The third-order valence-corrected chi connectivity index (χ3v) is 3.50. The summed E-state index contributed by atoms with van der Waals surface area (Å²) in [6, 6.07) is 5.97. The van der Waals surface area contributed by atoms with Gasteiger partial charge in [-0.2, -0.15) is 5.10 Å². The van der Waals surface area contributed by atoms with E-state index in [4.69, 9.17) is 10.5 Å². The first-order valence-corrected chi connectivity index (χ1v) is 7.28. The number of hydrogen-bond acceptors (Lipinski definition) is 4. The van der Waals surface area contributed by atoms with E-state index in [2.05, 4.69) is 23.9 Å². The molecular weight excluding hydrogens is 264 g/mol. The fraction of sp³-hybridized carbons (Fsp3) is 0.500. The quantitative estimate of drug-likeness (QED) is 0.887. The van der Waals surface area contributed by atoms with E-state index in [1.165, 1.54) is 0 Å². The zero-order valence-electron chi connectivity index (χ0n) is 13.2. The fourth-order valence-corrected chi connectivity index (χ4v) is 2.33. The summed E-state index contributed by atoms with van der Waals surface area (Å²) in [7, 11) is 1.68. The van der Waals surface area contributed by atoms with Crippen LogP contribution in [0.3, 0.4) is 0 Å². The molecule has 0 bridgehead atoms. The van der Waals surface area contributed by atoms with Crippen LogP contribution in [-0.4, -0.2) is 21.9 Å². The predicted octanol–water partition coefficient (Wildman–Crippen LogP) is 2.49. The molecule has 114 valence electrons. The molecule has 2 N–H and O–H groups in total. The predicted molar refractivity (Wildman–Crippen MR) is 83.2 cm³/mol. The number of nitrogens with two attached hydrogens (primary N) is 1. The number of methoxy groups -OCH3 is 1. The van der Waals surface area contributed by atoms with Gasteiger partial charge < -0.3 is 10.5 Å². The Morgan fingerprint density at radius 2 is 2.10 bits per heavy atom. The molecule has 0 fully saturated rings. The Balaban J connectivity index is 2.14. The molecule has 21 heavy (non-hydrogen) atoms. The van der Waals surface area contributed by atoms with Gasteiger partial charge in [0.15, 0.2) is 0 Å². The zero-order chi connectivity index (χ0) is 15.4. The minimum Gasteiger partial charge on any atom is -0.496 e. The number of nitrogens with zero attached hydrogens (tertiary/aromatic N) is 3. The molecule has 0 aliphatic rings. The van der Waals surface area contributed by atoms with Gasteiger partial charge in [-0.1, -0.05) is 26.0 Å². The van der Waals surface area contributed by atoms with Gasteiger partial charge in [0.2, 0.25) is 0 Å². The van der Waals surface area contributed by atoms with Crippen molar-refractivity contribution in [3.63, 3.8) is 0 Å². The highest BCUT2D eigenvalue weighted by atomic mass is 16.5. The Kier molecular flexibility index (Phi) is 4.96. The third kappa shape index (κ3) is 3.82. The van der Waals surface area contributed by atoms with Gasteiger partial charge in [0.05, 0.1) is 7.11 Å². The maximum Gasteiger partial charge on any atom is 0.138 e. The first kappa shape index (κ1) is 15.5. The van der Waals surface area contributed by atoms with Crippen molar-refractivity contribution in [1.82, 2.24) is 14.8 Å². The molecule has 0 aliphatic heterocycles. The van der Waals surface area contributed by atoms with Crippen LogP contribution in [0.15, 0.2) is 24.5 Å². The van der Waals surface area contributed by atoms with Crippen molar-refractivity contribution in [3.8, 4) is 5.75 Å². The van der Waals surface area contributed by atoms with Crippen molar-refractivity contribution in [3.05, 3.63) is 41.5 Å². The normalized spacial score (nSPS) is 12.7. The summed E-state index contributed by atoms with van der Waals surface area (Å²) >= 11 is 0. The molecule has 0 saturated carbocycles. The lowest BCUT2D eigenvalue weighted by Crippen LogP contribution is -2.18. The molecule has 0 radical (unpaired) electrons. The molecule has 5 heteroatoms. The van der Waals surface area contributed by atoms with Gasteiger partial charge >= 0.3 is 0 Å². The van der Waals surface area contributed by atoms with E-state index in [-0.39, 0.29) is 6.04 Å². The molecule has 2 rings (SSSR count). The van der Waals surface area contributed by atoms with E-state index >= 15 is 0 Å². The Labute approximate surface area is 126 Å². The van der Waals surface area contributed by atoms with Crippen LogP contribution in [0.4, 0.5) is 0 Å². The first-order chi connectivity index (χ1) is 10.0. The van der Waals surface area contributed by atoms with Crippen LogP contribution in [-0.2, 0) is 13.0 Å². The second kappa shape index (κ2) is 6.72. The molecule has 0 amide bonds. The van der Waals surface area contributed by atoms with Crippen LogP contribution >= 0.6 is 0 Å². The summed E-state index contributed by atoms with van der Waals surface area (Å²) in [5.41, 5.74) is 8.48. The maximum absolute atomic E-state index is 6.32. The lowest BCUT2D eigenvalue weighted by atomic mass is 10.0. The monoisotopic (exact) mass is 288 g/mol.